The third kappa shape index (κ3) is 3.02. The number of hydrogen-bond acceptors (Lipinski definition) is 5. The number of carbonyl (C=O) groups is 3. The molecule has 1 aliphatic rings. The molecule has 2 heterocycles. The van der Waals surface area contributed by atoms with E-state index in [-0.39, 0.29) is 17.7 Å². The molecule has 7 heteroatoms. The molecule has 3 aromatic rings. The minimum Gasteiger partial charge on any atom is -0.302 e. The number of hydrogen-bond donors (Lipinski definition) is 1. The molecule has 1 aliphatic heterocycles. The standard InChI is InChI=1S/C20H15N3O3S/c1-2-17(24)22-20-21-16(11-27-20)12-6-5-7-13(10-12)23-18(25)14-8-3-4-9-15(14)19(23)26/h3-11H,2H2,1H3,(H,21,22,24). The topological polar surface area (TPSA) is 79.4 Å². The summed E-state index contributed by atoms with van der Waals surface area (Å²) in [5, 5.41) is 5.07. The lowest BCUT2D eigenvalue weighted by molar-refractivity contribution is -0.115. The van der Waals surface area contributed by atoms with Gasteiger partial charge in [-0.25, -0.2) is 9.88 Å². The highest BCUT2D eigenvalue weighted by Gasteiger charge is 2.36. The molecular formula is C20H15N3O3S. The molecule has 0 atom stereocenters. The summed E-state index contributed by atoms with van der Waals surface area (Å²) in [6, 6.07) is 13.9. The van der Waals surface area contributed by atoms with Crippen LogP contribution in [0.25, 0.3) is 11.3 Å². The number of aromatic nitrogens is 1. The van der Waals surface area contributed by atoms with E-state index < -0.39 is 0 Å². The molecule has 1 N–H and O–H groups in total. The third-order valence-corrected chi connectivity index (χ3v) is 5.02. The molecule has 0 bridgehead atoms. The molecule has 0 spiro atoms. The van der Waals surface area contributed by atoms with Crippen LogP contribution in [0.3, 0.4) is 0 Å². The Balaban J connectivity index is 1.65. The van der Waals surface area contributed by atoms with Crippen molar-refractivity contribution in [2.45, 2.75) is 13.3 Å². The van der Waals surface area contributed by atoms with E-state index in [1.165, 1.54) is 16.2 Å². The predicted molar refractivity (Wildman–Crippen MR) is 104 cm³/mol. The molecular weight excluding hydrogens is 362 g/mol. The van der Waals surface area contributed by atoms with E-state index in [4.69, 9.17) is 0 Å². The monoisotopic (exact) mass is 377 g/mol. The number of anilines is 2. The van der Waals surface area contributed by atoms with Crippen LogP contribution >= 0.6 is 11.3 Å². The van der Waals surface area contributed by atoms with Crippen LogP contribution < -0.4 is 10.2 Å². The maximum absolute atomic E-state index is 12.7. The van der Waals surface area contributed by atoms with Gasteiger partial charge in [-0.3, -0.25) is 14.4 Å². The molecule has 0 aliphatic carbocycles. The Morgan fingerprint density at radius 1 is 1.07 bits per heavy atom. The second kappa shape index (κ2) is 6.77. The van der Waals surface area contributed by atoms with Gasteiger partial charge in [-0.1, -0.05) is 31.2 Å². The van der Waals surface area contributed by atoms with Gasteiger partial charge in [0.2, 0.25) is 5.91 Å². The normalized spacial score (nSPS) is 13.0. The van der Waals surface area contributed by atoms with Crippen LogP contribution in [0.4, 0.5) is 10.8 Å². The van der Waals surface area contributed by atoms with Crippen LogP contribution in [-0.4, -0.2) is 22.7 Å². The summed E-state index contributed by atoms with van der Waals surface area (Å²) >= 11 is 1.33. The molecule has 134 valence electrons. The van der Waals surface area contributed by atoms with Gasteiger partial charge >= 0.3 is 0 Å². The second-order valence-electron chi connectivity index (χ2n) is 5.98. The van der Waals surface area contributed by atoms with Crippen LogP contribution in [-0.2, 0) is 4.79 Å². The van der Waals surface area contributed by atoms with E-state index in [1.807, 2.05) is 11.4 Å². The average molecular weight is 377 g/mol. The predicted octanol–water partition coefficient (Wildman–Crippen LogP) is 3.96. The van der Waals surface area contributed by atoms with Gasteiger partial charge in [0.15, 0.2) is 5.13 Å². The number of fused-ring (bicyclic) bond motifs is 1. The highest BCUT2D eigenvalue weighted by Crippen LogP contribution is 2.32. The van der Waals surface area contributed by atoms with E-state index in [0.717, 1.165) is 5.56 Å². The van der Waals surface area contributed by atoms with Crippen LogP contribution in [0.1, 0.15) is 34.1 Å². The van der Waals surface area contributed by atoms with Gasteiger partial charge in [-0.05, 0) is 24.3 Å². The zero-order valence-electron chi connectivity index (χ0n) is 14.4. The van der Waals surface area contributed by atoms with Gasteiger partial charge in [-0.15, -0.1) is 11.3 Å². The van der Waals surface area contributed by atoms with Crippen LogP contribution in [0, 0.1) is 0 Å². The quantitative estimate of drug-likeness (QED) is 0.698. The Morgan fingerprint density at radius 2 is 1.78 bits per heavy atom. The fourth-order valence-electron chi connectivity index (χ4n) is 2.90. The number of carbonyl (C=O) groups excluding carboxylic acids is 3. The molecule has 0 radical (unpaired) electrons. The van der Waals surface area contributed by atoms with Crippen molar-refractivity contribution >= 4 is 39.9 Å². The molecule has 2 aromatic carbocycles. The van der Waals surface area contributed by atoms with Gasteiger partial charge in [0.1, 0.15) is 0 Å². The van der Waals surface area contributed by atoms with Crippen molar-refractivity contribution in [3.8, 4) is 11.3 Å². The summed E-state index contributed by atoms with van der Waals surface area (Å²) < 4.78 is 0. The van der Waals surface area contributed by atoms with Crippen LogP contribution in [0.2, 0.25) is 0 Å². The number of thiazole rings is 1. The van der Waals surface area contributed by atoms with E-state index in [1.54, 1.807) is 49.4 Å². The lowest BCUT2D eigenvalue weighted by atomic mass is 10.1. The Hall–Kier alpha value is -3.32. The SMILES string of the molecule is CCC(=O)Nc1nc(-c2cccc(N3C(=O)c4ccccc4C3=O)c2)cs1. The Labute approximate surface area is 159 Å². The first-order chi connectivity index (χ1) is 13.1. The largest absolute Gasteiger partial charge is 0.302 e. The maximum atomic E-state index is 12.7. The lowest BCUT2D eigenvalue weighted by Crippen LogP contribution is -2.29. The van der Waals surface area contributed by atoms with Gasteiger partial charge in [0.05, 0.1) is 22.5 Å². The number of imide groups is 1. The van der Waals surface area contributed by atoms with Crippen molar-refractivity contribution in [3.05, 3.63) is 65.0 Å². The van der Waals surface area contributed by atoms with Crippen molar-refractivity contribution in [1.29, 1.82) is 0 Å². The van der Waals surface area contributed by atoms with Gasteiger partial charge in [-0.2, -0.15) is 0 Å². The highest BCUT2D eigenvalue weighted by atomic mass is 32.1. The van der Waals surface area contributed by atoms with E-state index in [0.29, 0.717) is 34.1 Å². The lowest BCUT2D eigenvalue weighted by Gasteiger charge is -2.14. The molecule has 6 nitrogen and oxygen atoms in total. The molecule has 0 unspecified atom stereocenters. The molecule has 1 aromatic heterocycles. The summed E-state index contributed by atoms with van der Waals surface area (Å²) in [5.74, 6) is -0.764. The summed E-state index contributed by atoms with van der Waals surface area (Å²) in [5.41, 5.74) is 2.74. The molecule has 0 saturated carbocycles. The fourth-order valence-corrected chi connectivity index (χ4v) is 3.64. The van der Waals surface area contributed by atoms with Crippen molar-refractivity contribution in [1.82, 2.24) is 4.98 Å². The number of amides is 3. The van der Waals surface area contributed by atoms with E-state index in [2.05, 4.69) is 10.3 Å². The fraction of sp³-hybridized carbons (Fsp3) is 0.100. The Morgan fingerprint density at radius 3 is 2.44 bits per heavy atom. The number of nitrogens with one attached hydrogen (secondary N) is 1. The van der Waals surface area contributed by atoms with Crippen LogP contribution in [0.15, 0.2) is 53.9 Å². The first-order valence-corrected chi connectivity index (χ1v) is 9.30. The molecule has 4 rings (SSSR count). The first-order valence-electron chi connectivity index (χ1n) is 8.42. The number of rotatable bonds is 4. The van der Waals surface area contributed by atoms with E-state index in [9.17, 15) is 14.4 Å². The van der Waals surface area contributed by atoms with Crippen molar-refractivity contribution in [2.75, 3.05) is 10.2 Å². The van der Waals surface area contributed by atoms with Gasteiger partial charge in [0.25, 0.3) is 11.8 Å². The Kier molecular flexibility index (Phi) is 4.29. The van der Waals surface area contributed by atoms with Gasteiger partial charge < -0.3 is 5.32 Å². The third-order valence-electron chi connectivity index (χ3n) is 4.27. The van der Waals surface area contributed by atoms with Crippen molar-refractivity contribution in [3.63, 3.8) is 0 Å². The smallest absolute Gasteiger partial charge is 0.266 e. The van der Waals surface area contributed by atoms with E-state index >= 15 is 0 Å². The van der Waals surface area contributed by atoms with Crippen molar-refractivity contribution in [2.24, 2.45) is 0 Å². The number of nitrogens with zero attached hydrogens (tertiary/aromatic N) is 2. The zero-order chi connectivity index (χ0) is 19.0. The molecule has 0 fully saturated rings. The Bertz CT molecular complexity index is 1040. The average Bonchev–Trinajstić information content (AvgIpc) is 3.25. The minimum atomic E-state index is -0.332. The van der Waals surface area contributed by atoms with Gasteiger partial charge in [0, 0.05) is 17.4 Å². The summed E-state index contributed by atoms with van der Waals surface area (Å²) in [4.78, 5) is 42.4. The first kappa shape index (κ1) is 17.1. The van der Waals surface area contributed by atoms with Crippen LogP contribution in [0.5, 0.6) is 0 Å². The minimum absolute atomic E-state index is 0.101. The summed E-state index contributed by atoms with van der Waals surface area (Å²) in [7, 11) is 0. The molecule has 3 amide bonds. The number of benzene rings is 2. The maximum Gasteiger partial charge on any atom is 0.266 e. The van der Waals surface area contributed by atoms with Crippen molar-refractivity contribution < 1.29 is 14.4 Å². The summed E-state index contributed by atoms with van der Waals surface area (Å²) in [6.45, 7) is 1.77. The highest BCUT2D eigenvalue weighted by molar-refractivity contribution is 7.14. The second-order valence-corrected chi connectivity index (χ2v) is 6.84. The molecule has 27 heavy (non-hydrogen) atoms. The zero-order valence-corrected chi connectivity index (χ0v) is 15.2. The summed E-state index contributed by atoms with van der Waals surface area (Å²) in [6.07, 6.45) is 0.379. The molecule has 0 saturated heterocycles.